The smallest absolute Gasteiger partial charge is 0.420 e. The molecule has 0 unspecified atom stereocenters. The highest BCUT2D eigenvalue weighted by molar-refractivity contribution is 6.30. The molecule has 23 heavy (non-hydrogen) atoms. The van der Waals surface area contributed by atoms with Crippen molar-refractivity contribution >= 4 is 22.7 Å². The molecular formula is C17H11ClN2O3. The number of benzene rings is 2. The van der Waals surface area contributed by atoms with Crippen LogP contribution in [0.4, 0.5) is 0 Å². The van der Waals surface area contributed by atoms with Gasteiger partial charge in [0.25, 0.3) is 0 Å². The van der Waals surface area contributed by atoms with Crippen LogP contribution in [-0.2, 0) is 6.54 Å². The van der Waals surface area contributed by atoms with Crippen molar-refractivity contribution in [2.45, 2.75) is 6.54 Å². The van der Waals surface area contributed by atoms with Gasteiger partial charge < -0.3 is 8.83 Å². The van der Waals surface area contributed by atoms with Gasteiger partial charge in [-0.2, -0.15) is 0 Å². The maximum atomic E-state index is 12.0. The van der Waals surface area contributed by atoms with E-state index in [0.29, 0.717) is 22.2 Å². The Kier molecular flexibility index (Phi) is 3.28. The Morgan fingerprint density at radius 1 is 1.09 bits per heavy atom. The first kappa shape index (κ1) is 13.8. The Hall–Kier alpha value is -2.79. The molecule has 6 heteroatoms. The monoisotopic (exact) mass is 326 g/mol. The number of oxazole rings is 2. The molecule has 0 atom stereocenters. The fourth-order valence-electron chi connectivity index (χ4n) is 2.43. The van der Waals surface area contributed by atoms with Gasteiger partial charge in [-0.3, -0.25) is 4.57 Å². The minimum Gasteiger partial charge on any atom is -0.444 e. The van der Waals surface area contributed by atoms with Crippen molar-refractivity contribution in [3.63, 3.8) is 0 Å². The molecule has 0 aliphatic rings. The highest BCUT2D eigenvalue weighted by atomic mass is 35.5. The van der Waals surface area contributed by atoms with Gasteiger partial charge in [0.05, 0.1) is 17.8 Å². The minimum atomic E-state index is -0.415. The van der Waals surface area contributed by atoms with E-state index in [-0.39, 0.29) is 6.54 Å². The summed E-state index contributed by atoms with van der Waals surface area (Å²) in [5.74, 6) is 0.0692. The van der Waals surface area contributed by atoms with Crippen molar-refractivity contribution in [1.82, 2.24) is 9.55 Å². The van der Waals surface area contributed by atoms with Gasteiger partial charge in [-0.1, -0.05) is 23.7 Å². The number of para-hydroxylation sites is 2. The first-order chi connectivity index (χ1) is 11.2. The predicted molar refractivity (Wildman–Crippen MR) is 86.5 cm³/mol. The van der Waals surface area contributed by atoms with Crippen LogP contribution in [0.5, 0.6) is 0 Å². The van der Waals surface area contributed by atoms with E-state index in [1.807, 2.05) is 30.3 Å². The molecule has 0 spiro atoms. The van der Waals surface area contributed by atoms with Gasteiger partial charge in [0.15, 0.2) is 5.58 Å². The van der Waals surface area contributed by atoms with Gasteiger partial charge in [-0.25, -0.2) is 9.78 Å². The lowest BCUT2D eigenvalue weighted by atomic mass is 10.2. The summed E-state index contributed by atoms with van der Waals surface area (Å²) in [7, 11) is 0. The van der Waals surface area contributed by atoms with Crippen molar-refractivity contribution in [3.8, 4) is 11.5 Å². The average molecular weight is 327 g/mol. The molecule has 5 nitrogen and oxygen atoms in total. The predicted octanol–water partition coefficient (Wildman–Crippen LogP) is 3.95. The van der Waals surface area contributed by atoms with E-state index < -0.39 is 5.76 Å². The number of hydrogen-bond acceptors (Lipinski definition) is 4. The summed E-state index contributed by atoms with van der Waals surface area (Å²) in [6, 6.07) is 14.5. The zero-order valence-electron chi connectivity index (χ0n) is 11.9. The molecule has 0 bridgehead atoms. The molecule has 4 aromatic rings. The number of hydrogen-bond donors (Lipinski definition) is 0. The van der Waals surface area contributed by atoms with Crippen LogP contribution in [0.3, 0.4) is 0 Å². The fourth-order valence-corrected chi connectivity index (χ4v) is 2.56. The Morgan fingerprint density at radius 2 is 1.87 bits per heavy atom. The van der Waals surface area contributed by atoms with E-state index in [1.165, 1.54) is 10.8 Å². The Morgan fingerprint density at radius 3 is 2.70 bits per heavy atom. The van der Waals surface area contributed by atoms with E-state index in [9.17, 15) is 4.79 Å². The highest BCUT2D eigenvalue weighted by Gasteiger charge is 2.12. The molecule has 2 aromatic heterocycles. The first-order valence-electron chi connectivity index (χ1n) is 6.99. The highest BCUT2D eigenvalue weighted by Crippen LogP contribution is 2.21. The van der Waals surface area contributed by atoms with E-state index in [2.05, 4.69) is 4.98 Å². The average Bonchev–Trinajstić information content (AvgIpc) is 3.14. The van der Waals surface area contributed by atoms with Crippen LogP contribution < -0.4 is 5.76 Å². The topological polar surface area (TPSA) is 61.2 Å². The van der Waals surface area contributed by atoms with Gasteiger partial charge in [0, 0.05) is 10.6 Å². The summed E-state index contributed by atoms with van der Waals surface area (Å²) in [4.78, 5) is 16.4. The van der Waals surface area contributed by atoms with Gasteiger partial charge in [-0.15, -0.1) is 0 Å². The molecule has 114 valence electrons. The molecule has 2 aromatic carbocycles. The van der Waals surface area contributed by atoms with Crippen LogP contribution in [0.25, 0.3) is 22.6 Å². The maximum Gasteiger partial charge on any atom is 0.420 e. The normalized spacial score (nSPS) is 11.2. The molecule has 0 saturated heterocycles. The number of nitrogens with zero attached hydrogens (tertiary/aromatic N) is 2. The number of halogens is 1. The molecule has 0 fully saturated rings. The van der Waals surface area contributed by atoms with Crippen molar-refractivity contribution in [2.75, 3.05) is 0 Å². The van der Waals surface area contributed by atoms with Gasteiger partial charge in [-0.05, 0) is 36.4 Å². The van der Waals surface area contributed by atoms with E-state index in [1.54, 1.807) is 18.2 Å². The number of rotatable bonds is 3. The second kappa shape index (κ2) is 5.44. The fraction of sp³-hybridized carbons (Fsp3) is 0.0588. The standard InChI is InChI=1S/C17H11ClN2O3/c18-12-7-5-11(6-8-12)16-19-13(10-22-16)9-20-14-3-1-2-4-15(14)23-17(20)21/h1-8,10H,9H2. The van der Waals surface area contributed by atoms with Gasteiger partial charge in [0.1, 0.15) is 6.26 Å². The second-order valence-corrected chi connectivity index (χ2v) is 5.51. The molecule has 0 saturated carbocycles. The van der Waals surface area contributed by atoms with Crippen molar-refractivity contribution in [1.29, 1.82) is 0 Å². The van der Waals surface area contributed by atoms with Crippen molar-refractivity contribution in [3.05, 3.63) is 76.1 Å². The third-order valence-electron chi connectivity index (χ3n) is 3.54. The molecule has 0 N–H and O–H groups in total. The van der Waals surface area contributed by atoms with Crippen molar-refractivity contribution in [2.24, 2.45) is 0 Å². The van der Waals surface area contributed by atoms with Crippen LogP contribution in [0.2, 0.25) is 5.02 Å². The lowest BCUT2D eigenvalue weighted by molar-refractivity contribution is 0.515. The summed E-state index contributed by atoms with van der Waals surface area (Å²) < 4.78 is 12.2. The summed E-state index contributed by atoms with van der Waals surface area (Å²) in [5, 5.41) is 0.650. The first-order valence-corrected chi connectivity index (χ1v) is 7.37. The Balaban J connectivity index is 1.68. The molecule has 0 aliphatic heterocycles. The number of fused-ring (bicyclic) bond motifs is 1. The molecule has 4 rings (SSSR count). The van der Waals surface area contributed by atoms with Crippen LogP contribution in [-0.4, -0.2) is 9.55 Å². The SMILES string of the molecule is O=c1oc2ccccc2n1Cc1coc(-c2ccc(Cl)cc2)n1. The van der Waals surface area contributed by atoms with E-state index >= 15 is 0 Å². The van der Waals surface area contributed by atoms with Crippen LogP contribution in [0, 0.1) is 0 Å². The summed E-state index contributed by atoms with van der Waals surface area (Å²) in [5.41, 5.74) is 2.75. The minimum absolute atomic E-state index is 0.285. The van der Waals surface area contributed by atoms with Crippen molar-refractivity contribution < 1.29 is 8.83 Å². The van der Waals surface area contributed by atoms with Gasteiger partial charge >= 0.3 is 5.76 Å². The lowest BCUT2D eigenvalue weighted by Gasteiger charge is -1.98. The van der Waals surface area contributed by atoms with Crippen LogP contribution in [0.1, 0.15) is 5.69 Å². The van der Waals surface area contributed by atoms with E-state index in [4.69, 9.17) is 20.4 Å². The molecule has 0 amide bonds. The lowest BCUT2D eigenvalue weighted by Crippen LogP contribution is -2.14. The van der Waals surface area contributed by atoms with E-state index in [0.717, 1.165) is 11.1 Å². The van der Waals surface area contributed by atoms with Gasteiger partial charge in [0.2, 0.25) is 5.89 Å². The molecule has 0 aliphatic carbocycles. The maximum absolute atomic E-state index is 12.0. The zero-order valence-corrected chi connectivity index (χ0v) is 12.7. The summed E-state index contributed by atoms with van der Waals surface area (Å²) in [6.07, 6.45) is 1.54. The van der Waals surface area contributed by atoms with Crippen LogP contribution in [0.15, 0.2) is 68.4 Å². The largest absolute Gasteiger partial charge is 0.444 e. The quantitative estimate of drug-likeness (QED) is 0.572. The second-order valence-electron chi connectivity index (χ2n) is 5.07. The Bertz CT molecular complexity index is 1030. The number of aromatic nitrogens is 2. The molecular weight excluding hydrogens is 316 g/mol. The van der Waals surface area contributed by atoms with Crippen LogP contribution >= 0.6 is 11.6 Å². The third kappa shape index (κ3) is 2.55. The molecule has 2 heterocycles. The third-order valence-corrected chi connectivity index (χ3v) is 3.79. The zero-order chi connectivity index (χ0) is 15.8. The summed E-state index contributed by atoms with van der Waals surface area (Å²) in [6.45, 7) is 0.285. The summed E-state index contributed by atoms with van der Waals surface area (Å²) >= 11 is 5.87. The Labute approximate surface area is 135 Å². The molecule has 0 radical (unpaired) electrons.